The minimum absolute atomic E-state index is 0.00218. The molecular formula is C15H12F2N6. The van der Waals surface area contributed by atoms with E-state index in [0.717, 1.165) is 0 Å². The van der Waals surface area contributed by atoms with E-state index in [4.69, 9.17) is 11.5 Å². The molecule has 0 amide bonds. The van der Waals surface area contributed by atoms with Crippen molar-refractivity contribution in [2.24, 2.45) is 10.7 Å². The molecule has 0 aliphatic carbocycles. The lowest BCUT2D eigenvalue weighted by Gasteiger charge is -2.07. The van der Waals surface area contributed by atoms with Crippen LogP contribution >= 0.6 is 0 Å². The van der Waals surface area contributed by atoms with Crippen LogP contribution in [-0.2, 0) is 0 Å². The summed E-state index contributed by atoms with van der Waals surface area (Å²) in [5, 5.41) is -0.261. The van der Waals surface area contributed by atoms with Crippen molar-refractivity contribution in [2.75, 3.05) is 5.73 Å². The highest BCUT2D eigenvalue weighted by Crippen LogP contribution is 2.29. The topological polar surface area (TPSA) is 103 Å². The Labute approximate surface area is 129 Å². The fourth-order valence-corrected chi connectivity index (χ4v) is 2.13. The molecule has 0 saturated carbocycles. The van der Waals surface area contributed by atoms with E-state index in [0.29, 0.717) is 5.56 Å². The Bertz CT molecular complexity index is 924. The van der Waals surface area contributed by atoms with Crippen molar-refractivity contribution in [3.05, 3.63) is 53.5 Å². The minimum Gasteiger partial charge on any atom is -0.383 e. The highest BCUT2D eigenvalue weighted by Gasteiger charge is 2.19. The molecule has 0 saturated heterocycles. The summed E-state index contributed by atoms with van der Waals surface area (Å²) in [6.45, 7) is 1.52. The number of halogens is 2. The zero-order valence-electron chi connectivity index (χ0n) is 12.1. The third kappa shape index (κ3) is 2.66. The molecule has 2 heterocycles. The Balaban J connectivity index is 2.22. The Morgan fingerprint density at radius 1 is 1.09 bits per heavy atom. The summed E-state index contributed by atoms with van der Waals surface area (Å²) >= 11 is 0. The van der Waals surface area contributed by atoms with Crippen molar-refractivity contribution in [3.63, 3.8) is 0 Å². The first-order chi connectivity index (χ1) is 11.0. The Kier molecular flexibility index (Phi) is 3.57. The molecule has 4 N–H and O–H groups in total. The number of amidine groups is 1. The van der Waals surface area contributed by atoms with E-state index in [9.17, 15) is 8.78 Å². The molecule has 0 aliphatic heterocycles. The fourth-order valence-electron chi connectivity index (χ4n) is 2.13. The highest BCUT2D eigenvalue weighted by molar-refractivity contribution is 5.99. The van der Waals surface area contributed by atoms with Gasteiger partial charge in [0.05, 0.1) is 5.39 Å². The van der Waals surface area contributed by atoms with Gasteiger partial charge in [-0.05, 0) is 6.92 Å². The summed E-state index contributed by atoms with van der Waals surface area (Å²) in [5.74, 6) is -2.37. The van der Waals surface area contributed by atoms with Crippen LogP contribution in [0.3, 0.4) is 0 Å². The maximum atomic E-state index is 14.6. The van der Waals surface area contributed by atoms with Gasteiger partial charge >= 0.3 is 0 Å². The van der Waals surface area contributed by atoms with Gasteiger partial charge in [-0.15, -0.1) is 0 Å². The predicted molar refractivity (Wildman–Crippen MR) is 83.2 cm³/mol. The zero-order chi connectivity index (χ0) is 16.6. The van der Waals surface area contributed by atoms with Crippen LogP contribution in [0.2, 0.25) is 0 Å². The van der Waals surface area contributed by atoms with Gasteiger partial charge in [-0.2, -0.15) is 9.37 Å². The van der Waals surface area contributed by atoms with E-state index in [1.54, 1.807) is 30.3 Å². The second kappa shape index (κ2) is 5.56. The summed E-state index contributed by atoms with van der Waals surface area (Å²) in [6.07, 6.45) is 0. The minimum atomic E-state index is -0.988. The first kappa shape index (κ1) is 14.8. The Morgan fingerprint density at radius 2 is 1.78 bits per heavy atom. The molecule has 0 fully saturated rings. The SMILES string of the molecule is Cc1nc(N)c2c(F)c(/N=C(\N)c3ccccc3)nc(F)c2n1. The number of aliphatic imine (C=N–C) groups is 1. The van der Waals surface area contributed by atoms with Crippen molar-refractivity contribution in [2.45, 2.75) is 6.92 Å². The van der Waals surface area contributed by atoms with Gasteiger partial charge in [0.25, 0.3) is 0 Å². The van der Waals surface area contributed by atoms with Gasteiger partial charge < -0.3 is 11.5 Å². The molecule has 116 valence electrons. The summed E-state index contributed by atoms with van der Waals surface area (Å²) in [6, 6.07) is 8.67. The van der Waals surface area contributed by atoms with E-state index in [1.807, 2.05) is 0 Å². The number of nitrogens with two attached hydrogens (primary N) is 2. The molecule has 2 aromatic heterocycles. The van der Waals surface area contributed by atoms with Gasteiger partial charge in [-0.3, -0.25) is 0 Å². The smallest absolute Gasteiger partial charge is 0.241 e. The van der Waals surface area contributed by atoms with Crippen LogP contribution in [-0.4, -0.2) is 20.8 Å². The fraction of sp³-hybridized carbons (Fsp3) is 0.0667. The lowest BCUT2D eigenvalue weighted by Crippen LogP contribution is -2.13. The van der Waals surface area contributed by atoms with E-state index in [-0.39, 0.29) is 28.4 Å². The van der Waals surface area contributed by atoms with Crippen LogP contribution in [0.1, 0.15) is 11.4 Å². The molecule has 0 aliphatic rings. The van der Waals surface area contributed by atoms with Gasteiger partial charge in [-0.1, -0.05) is 30.3 Å². The molecule has 3 aromatic rings. The Hall–Kier alpha value is -3.16. The van der Waals surface area contributed by atoms with Crippen molar-refractivity contribution < 1.29 is 8.78 Å². The van der Waals surface area contributed by atoms with E-state index in [2.05, 4.69) is 19.9 Å². The van der Waals surface area contributed by atoms with Crippen LogP contribution in [0.25, 0.3) is 10.9 Å². The molecule has 0 bridgehead atoms. The van der Waals surface area contributed by atoms with Gasteiger partial charge in [0.2, 0.25) is 5.95 Å². The standard InChI is InChI=1S/C15H12F2N6/c1-7-20-11-9(14(19)21-7)10(16)15(22-12(11)17)23-13(18)8-5-3-2-4-6-8/h2-6H,1H3,(H2,18,22,23)(H2,19,20,21). The lowest BCUT2D eigenvalue weighted by molar-refractivity contribution is 0.576. The van der Waals surface area contributed by atoms with E-state index >= 15 is 0 Å². The van der Waals surface area contributed by atoms with E-state index < -0.39 is 17.6 Å². The van der Waals surface area contributed by atoms with Crippen LogP contribution < -0.4 is 11.5 Å². The van der Waals surface area contributed by atoms with Crippen LogP contribution in [0, 0.1) is 18.7 Å². The second-order valence-electron chi connectivity index (χ2n) is 4.78. The Morgan fingerprint density at radius 3 is 2.48 bits per heavy atom. The van der Waals surface area contributed by atoms with Crippen molar-refractivity contribution >= 4 is 28.4 Å². The molecule has 6 nitrogen and oxygen atoms in total. The number of hydrogen-bond donors (Lipinski definition) is 2. The highest BCUT2D eigenvalue weighted by atomic mass is 19.1. The lowest BCUT2D eigenvalue weighted by atomic mass is 10.2. The van der Waals surface area contributed by atoms with Crippen molar-refractivity contribution in [3.8, 4) is 0 Å². The predicted octanol–water partition coefficient (Wildman–Crippen LogP) is 2.23. The van der Waals surface area contributed by atoms with Crippen molar-refractivity contribution in [1.82, 2.24) is 15.0 Å². The first-order valence-corrected chi connectivity index (χ1v) is 6.65. The van der Waals surface area contributed by atoms with Crippen LogP contribution in [0.5, 0.6) is 0 Å². The number of nitrogens with zero attached hydrogens (tertiary/aromatic N) is 4. The third-order valence-electron chi connectivity index (χ3n) is 3.16. The van der Waals surface area contributed by atoms with Gasteiger partial charge in [0, 0.05) is 5.56 Å². The van der Waals surface area contributed by atoms with Gasteiger partial charge in [-0.25, -0.2) is 19.4 Å². The number of benzene rings is 1. The second-order valence-corrected chi connectivity index (χ2v) is 4.78. The van der Waals surface area contributed by atoms with Crippen LogP contribution in [0.15, 0.2) is 35.3 Å². The summed E-state index contributed by atoms with van der Waals surface area (Å²) in [5.41, 5.74) is 11.8. The average molecular weight is 314 g/mol. The molecule has 0 atom stereocenters. The maximum Gasteiger partial charge on any atom is 0.241 e. The quantitative estimate of drug-likeness (QED) is 0.429. The van der Waals surface area contributed by atoms with Gasteiger partial charge in [0.15, 0.2) is 11.6 Å². The number of fused-ring (bicyclic) bond motifs is 1. The molecule has 0 unspecified atom stereocenters. The number of pyridine rings is 1. The van der Waals surface area contributed by atoms with Gasteiger partial charge in [0.1, 0.15) is 23.0 Å². The zero-order valence-corrected chi connectivity index (χ0v) is 12.1. The maximum absolute atomic E-state index is 14.6. The first-order valence-electron chi connectivity index (χ1n) is 6.65. The largest absolute Gasteiger partial charge is 0.383 e. The molecule has 8 heteroatoms. The van der Waals surface area contributed by atoms with Crippen LogP contribution in [0.4, 0.5) is 20.4 Å². The third-order valence-corrected chi connectivity index (χ3v) is 3.16. The number of aromatic nitrogens is 3. The summed E-state index contributed by atoms with van der Waals surface area (Å²) in [7, 11) is 0. The van der Waals surface area contributed by atoms with E-state index in [1.165, 1.54) is 6.92 Å². The molecule has 0 spiro atoms. The molecule has 3 rings (SSSR count). The number of aryl methyl sites for hydroxylation is 1. The number of anilines is 1. The molecular weight excluding hydrogens is 302 g/mol. The molecule has 23 heavy (non-hydrogen) atoms. The molecule has 0 radical (unpaired) electrons. The number of hydrogen-bond acceptors (Lipinski definition) is 5. The summed E-state index contributed by atoms with van der Waals surface area (Å²) < 4.78 is 28.7. The summed E-state index contributed by atoms with van der Waals surface area (Å²) in [4.78, 5) is 15.0. The monoisotopic (exact) mass is 314 g/mol. The molecule has 1 aromatic carbocycles. The normalized spacial score (nSPS) is 11.9. The number of rotatable bonds is 2. The average Bonchev–Trinajstić information content (AvgIpc) is 2.52. The number of nitrogen functional groups attached to an aromatic ring is 1. The van der Waals surface area contributed by atoms with Crippen molar-refractivity contribution in [1.29, 1.82) is 0 Å².